The lowest BCUT2D eigenvalue weighted by atomic mass is 10.2. The van der Waals surface area contributed by atoms with E-state index in [9.17, 15) is 4.79 Å². The lowest BCUT2D eigenvalue weighted by Gasteiger charge is -2.05. The highest BCUT2D eigenvalue weighted by atomic mass is 16.5. The van der Waals surface area contributed by atoms with Gasteiger partial charge in [-0.1, -0.05) is 30.3 Å². The van der Waals surface area contributed by atoms with Crippen LogP contribution in [0.4, 0.5) is 0 Å². The summed E-state index contributed by atoms with van der Waals surface area (Å²) in [5.41, 5.74) is 2.85. The molecule has 2 aromatic rings. The summed E-state index contributed by atoms with van der Waals surface area (Å²) < 4.78 is 5.46. The molecule has 0 aliphatic carbocycles. The molecule has 1 aromatic heterocycles. The quantitative estimate of drug-likeness (QED) is 0.635. The molecule has 0 atom stereocenters. The van der Waals surface area contributed by atoms with Gasteiger partial charge in [0.05, 0.1) is 5.56 Å². The zero-order chi connectivity index (χ0) is 12.8. The third kappa shape index (κ3) is 3.05. The van der Waals surface area contributed by atoms with Crippen LogP contribution in [0.2, 0.25) is 0 Å². The van der Waals surface area contributed by atoms with E-state index in [0.29, 0.717) is 12.5 Å². The maximum Gasteiger partial charge on any atom is 0.276 e. The standard InChI is InChI=1S/C13H12N2O3/c16-13(15-17)11-6-7-12(14-8-11)18-9-10-4-2-1-3-5-10/h1-8,17H,9H2,(H,15,16). The lowest BCUT2D eigenvalue weighted by Crippen LogP contribution is -2.18. The highest BCUT2D eigenvalue weighted by molar-refractivity contribution is 5.92. The highest BCUT2D eigenvalue weighted by Gasteiger charge is 2.04. The van der Waals surface area contributed by atoms with Gasteiger partial charge in [-0.05, 0) is 11.6 Å². The number of amides is 1. The van der Waals surface area contributed by atoms with E-state index in [1.165, 1.54) is 17.7 Å². The number of hydrogen-bond donors (Lipinski definition) is 2. The van der Waals surface area contributed by atoms with Crippen LogP contribution in [0.15, 0.2) is 48.7 Å². The van der Waals surface area contributed by atoms with Crippen molar-refractivity contribution in [1.29, 1.82) is 0 Å². The maximum absolute atomic E-state index is 11.1. The summed E-state index contributed by atoms with van der Waals surface area (Å²) in [4.78, 5) is 15.0. The van der Waals surface area contributed by atoms with Gasteiger partial charge in [0.15, 0.2) is 0 Å². The summed E-state index contributed by atoms with van der Waals surface area (Å²) in [5, 5.41) is 8.45. The summed E-state index contributed by atoms with van der Waals surface area (Å²) in [6, 6.07) is 12.8. The van der Waals surface area contributed by atoms with Crippen molar-refractivity contribution in [2.75, 3.05) is 0 Å². The van der Waals surface area contributed by atoms with Crippen LogP contribution in [-0.4, -0.2) is 16.1 Å². The van der Waals surface area contributed by atoms with Crippen molar-refractivity contribution in [1.82, 2.24) is 10.5 Å². The van der Waals surface area contributed by atoms with Crippen LogP contribution in [0, 0.1) is 0 Å². The maximum atomic E-state index is 11.1. The number of carbonyl (C=O) groups excluding carboxylic acids is 1. The largest absolute Gasteiger partial charge is 0.473 e. The number of pyridine rings is 1. The van der Waals surface area contributed by atoms with Crippen molar-refractivity contribution in [2.24, 2.45) is 0 Å². The third-order valence-corrected chi connectivity index (χ3v) is 2.33. The summed E-state index contributed by atoms with van der Waals surface area (Å²) >= 11 is 0. The average Bonchev–Trinajstić information content (AvgIpc) is 2.46. The van der Waals surface area contributed by atoms with Crippen LogP contribution in [0.3, 0.4) is 0 Å². The van der Waals surface area contributed by atoms with Crippen LogP contribution in [0.25, 0.3) is 0 Å². The molecule has 1 amide bonds. The number of hydrogen-bond acceptors (Lipinski definition) is 4. The molecule has 0 saturated carbocycles. The average molecular weight is 244 g/mol. The van der Waals surface area contributed by atoms with Gasteiger partial charge in [-0.3, -0.25) is 10.0 Å². The van der Waals surface area contributed by atoms with E-state index in [4.69, 9.17) is 9.94 Å². The fourth-order valence-corrected chi connectivity index (χ4v) is 1.40. The SMILES string of the molecule is O=C(NO)c1ccc(OCc2ccccc2)nc1. The molecule has 0 bridgehead atoms. The summed E-state index contributed by atoms with van der Waals surface area (Å²) in [6.45, 7) is 0.416. The molecule has 18 heavy (non-hydrogen) atoms. The Kier molecular flexibility index (Phi) is 3.88. The van der Waals surface area contributed by atoms with Crippen LogP contribution in [0.1, 0.15) is 15.9 Å². The number of hydroxylamine groups is 1. The molecule has 0 radical (unpaired) electrons. The second kappa shape index (κ2) is 5.79. The van der Waals surface area contributed by atoms with Gasteiger partial charge in [0.1, 0.15) is 6.61 Å². The molecule has 0 spiro atoms. The summed E-state index contributed by atoms with van der Waals surface area (Å²) in [6.07, 6.45) is 1.34. The molecule has 0 fully saturated rings. The van der Waals surface area contributed by atoms with Gasteiger partial charge >= 0.3 is 0 Å². The molecule has 1 heterocycles. The fourth-order valence-electron chi connectivity index (χ4n) is 1.40. The van der Waals surface area contributed by atoms with Crippen LogP contribution < -0.4 is 10.2 Å². The summed E-state index contributed by atoms with van der Waals surface area (Å²) in [7, 11) is 0. The topological polar surface area (TPSA) is 71.5 Å². The first kappa shape index (κ1) is 12.1. The zero-order valence-corrected chi connectivity index (χ0v) is 9.54. The van der Waals surface area contributed by atoms with E-state index in [-0.39, 0.29) is 5.56 Å². The minimum Gasteiger partial charge on any atom is -0.473 e. The van der Waals surface area contributed by atoms with E-state index >= 15 is 0 Å². The molecule has 2 N–H and O–H groups in total. The molecule has 0 aliphatic heterocycles. The Hall–Kier alpha value is -2.40. The minimum atomic E-state index is -0.600. The predicted molar refractivity (Wildman–Crippen MR) is 64.3 cm³/mol. The van der Waals surface area contributed by atoms with Crippen LogP contribution in [-0.2, 0) is 6.61 Å². The fraction of sp³-hybridized carbons (Fsp3) is 0.0769. The smallest absolute Gasteiger partial charge is 0.276 e. The number of nitrogens with zero attached hydrogens (tertiary/aromatic N) is 1. The highest BCUT2D eigenvalue weighted by Crippen LogP contribution is 2.10. The number of carbonyl (C=O) groups is 1. The molecular weight excluding hydrogens is 232 g/mol. The first-order valence-corrected chi connectivity index (χ1v) is 5.37. The Bertz CT molecular complexity index is 512. The van der Waals surface area contributed by atoms with Gasteiger partial charge in [0.25, 0.3) is 5.91 Å². The number of ether oxygens (including phenoxy) is 1. The molecule has 1 aromatic carbocycles. The van der Waals surface area contributed by atoms with Crippen molar-refractivity contribution >= 4 is 5.91 Å². The molecule has 0 aliphatic rings. The van der Waals surface area contributed by atoms with Gasteiger partial charge < -0.3 is 4.74 Å². The monoisotopic (exact) mass is 244 g/mol. The van der Waals surface area contributed by atoms with Gasteiger partial charge in [-0.25, -0.2) is 10.5 Å². The molecule has 0 unspecified atom stereocenters. The molecule has 92 valence electrons. The van der Waals surface area contributed by atoms with E-state index in [1.807, 2.05) is 30.3 Å². The Morgan fingerprint density at radius 3 is 2.61 bits per heavy atom. The third-order valence-electron chi connectivity index (χ3n) is 2.33. The lowest BCUT2D eigenvalue weighted by molar-refractivity contribution is 0.0706. The van der Waals surface area contributed by atoms with E-state index in [1.54, 1.807) is 6.07 Å². The second-order valence-corrected chi connectivity index (χ2v) is 3.60. The first-order chi connectivity index (χ1) is 8.79. The second-order valence-electron chi connectivity index (χ2n) is 3.60. The number of aromatic nitrogens is 1. The van der Waals surface area contributed by atoms with Crippen LogP contribution >= 0.6 is 0 Å². The Morgan fingerprint density at radius 1 is 1.22 bits per heavy atom. The van der Waals surface area contributed by atoms with Crippen molar-refractivity contribution in [3.63, 3.8) is 0 Å². The number of nitrogens with one attached hydrogen (secondary N) is 1. The van der Waals surface area contributed by atoms with Gasteiger partial charge in [-0.2, -0.15) is 0 Å². The first-order valence-electron chi connectivity index (χ1n) is 5.37. The molecule has 0 saturated heterocycles. The zero-order valence-electron chi connectivity index (χ0n) is 9.54. The minimum absolute atomic E-state index is 0.268. The Labute approximate surface area is 104 Å². The van der Waals surface area contributed by atoms with Crippen molar-refractivity contribution < 1.29 is 14.7 Å². The number of benzene rings is 1. The van der Waals surface area contributed by atoms with E-state index < -0.39 is 5.91 Å². The Balaban J connectivity index is 1.97. The molecule has 5 heteroatoms. The van der Waals surface area contributed by atoms with Gasteiger partial charge in [0, 0.05) is 12.3 Å². The van der Waals surface area contributed by atoms with Gasteiger partial charge in [-0.15, -0.1) is 0 Å². The van der Waals surface area contributed by atoms with Crippen molar-refractivity contribution in [3.8, 4) is 5.88 Å². The normalized spacial score (nSPS) is 9.83. The van der Waals surface area contributed by atoms with Crippen molar-refractivity contribution in [3.05, 3.63) is 59.8 Å². The van der Waals surface area contributed by atoms with Crippen LogP contribution in [0.5, 0.6) is 5.88 Å². The molecule has 2 rings (SSSR count). The Morgan fingerprint density at radius 2 is 2.00 bits per heavy atom. The summed E-state index contributed by atoms with van der Waals surface area (Å²) in [5.74, 6) is -0.176. The predicted octanol–water partition coefficient (Wildman–Crippen LogP) is 1.78. The van der Waals surface area contributed by atoms with E-state index in [0.717, 1.165) is 5.56 Å². The van der Waals surface area contributed by atoms with Gasteiger partial charge in [0.2, 0.25) is 5.88 Å². The van der Waals surface area contributed by atoms with Crippen molar-refractivity contribution in [2.45, 2.75) is 6.61 Å². The molecule has 5 nitrogen and oxygen atoms in total. The van der Waals surface area contributed by atoms with E-state index in [2.05, 4.69) is 4.98 Å². The number of rotatable bonds is 4. The molecular formula is C13H12N2O3.